The van der Waals surface area contributed by atoms with Gasteiger partial charge >= 0.3 is 0 Å². The first kappa shape index (κ1) is 14.4. The molecule has 0 radical (unpaired) electrons. The van der Waals surface area contributed by atoms with E-state index in [1.165, 1.54) is 6.92 Å². The summed E-state index contributed by atoms with van der Waals surface area (Å²) in [6, 6.07) is 2.88. The molecule has 0 heterocycles. The number of nitrogens with one attached hydrogen (secondary N) is 1. The Kier molecular flexibility index (Phi) is 5.55. The number of halogens is 2. The number of benzene rings is 1. The lowest BCUT2D eigenvalue weighted by Gasteiger charge is -2.15. The van der Waals surface area contributed by atoms with Crippen LogP contribution in [0.25, 0.3) is 0 Å². The molecule has 18 heavy (non-hydrogen) atoms. The van der Waals surface area contributed by atoms with Gasteiger partial charge in [0, 0.05) is 12.6 Å². The first-order valence-corrected chi connectivity index (χ1v) is 5.94. The predicted octanol–water partition coefficient (Wildman–Crippen LogP) is 2.65. The van der Waals surface area contributed by atoms with Crippen molar-refractivity contribution in [1.82, 2.24) is 5.32 Å². The summed E-state index contributed by atoms with van der Waals surface area (Å²) < 4.78 is 31.3. The van der Waals surface area contributed by atoms with E-state index in [-0.39, 0.29) is 11.7 Å². The zero-order valence-corrected chi connectivity index (χ0v) is 10.5. The zero-order valence-electron chi connectivity index (χ0n) is 10.5. The molecule has 0 bridgehead atoms. The summed E-state index contributed by atoms with van der Waals surface area (Å²) >= 11 is 0. The van der Waals surface area contributed by atoms with Gasteiger partial charge in [0.2, 0.25) is 0 Å². The third-order valence-corrected chi connectivity index (χ3v) is 2.40. The highest BCUT2D eigenvalue weighted by Crippen LogP contribution is 2.19. The number of unbranched alkanes of at least 4 members (excludes halogenated alkanes) is 1. The number of carbonyl (C=O) groups is 1. The van der Waals surface area contributed by atoms with Gasteiger partial charge in [-0.3, -0.25) is 4.79 Å². The van der Waals surface area contributed by atoms with Crippen LogP contribution < -0.4 is 10.1 Å². The first-order chi connectivity index (χ1) is 8.54. The molecule has 5 heteroatoms. The molecular formula is C13H17F2NO2. The Morgan fingerprint density at radius 3 is 2.83 bits per heavy atom. The van der Waals surface area contributed by atoms with Crippen molar-refractivity contribution in [3.8, 4) is 5.75 Å². The van der Waals surface area contributed by atoms with Crippen LogP contribution in [0.1, 0.15) is 26.7 Å². The molecule has 1 aromatic carbocycles. The summed E-state index contributed by atoms with van der Waals surface area (Å²) in [6.07, 6.45) is 0.971. The molecule has 1 atom stereocenters. The third-order valence-electron chi connectivity index (χ3n) is 2.40. The molecule has 0 aliphatic rings. The summed E-state index contributed by atoms with van der Waals surface area (Å²) in [5, 5.41) is 2.66. The lowest BCUT2D eigenvalue weighted by molar-refractivity contribution is -0.127. The van der Waals surface area contributed by atoms with Crippen molar-refractivity contribution in [3.05, 3.63) is 29.8 Å². The van der Waals surface area contributed by atoms with Gasteiger partial charge in [0.05, 0.1) is 0 Å². The number of rotatable bonds is 6. The second kappa shape index (κ2) is 6.93. The molecule has 0 saturated heterocycles. The summed E-state index contributed by atoms with van der Waals surface area (Å²) in [7, 11) is 0. The van der Waals surface area contributed by atoms with Crippen LogP contribution in [0.5, 0.6) is 5.75 Å². The second-order valence-corrected chi connectivity index (χ2v) is 3.98. The van der Waals surface area contributed by atoms with E-state index in [9.17, 15) is 13.6 Å². The van der Waals surface area contributed by atoms with Crippen molar-refractivity contribution in [3.63, 3.8) is 0 Å². The molecule has 0 aromatic heterocycles. The van der Waals surface area contributed by atoms with Crippen LogP contribution in [0.3, 0.4) is 0 Å². The highest BCUT2D eigenvalue weighted by molar-refractivity contribution is 5.80. The van der Waals surface area contributed by atoms with Gasteiger partial charge < -0.3 is 10.1 Å². The van der Waals surface area contributed by atoms with Gasteiger partial charge in [0.15, 0.2) is 17.7 Å². The van der Waals surface area contributed by atoms with Crippen LogP contribution in [0.15, 0.2) is 18.2 Å². The summed E-state index contributed by atoms with van der Waals surface area (Å²) in [5.74, 6) is -1.89. The van der Waals surface area contributed by atoms with E-state index in [0.717, 1.165) is 31.0 Å². The fourth-order valence-corrected chi connectivity index (χ4v) is 1.34. The minimum absolute atomic E-state index is 0.256. The molecule has 1 N–H and O–H groups in total. The molecular weight excluding hydrogens is 240 g/mol. The molecule has 0 spiro atoms. The Morgan fingerprint density at radius 1 is 1.44 bits per heavy atom. The van der Waals surface area contributed by atoms with Crippen molar-refractivity contribution in [2.45, 2.75) is 32.8 Å². The van der Waals surface area contributed by atoms with Crippen molar-refractivity contribution >= 4 is 5.91 Å². The maximum atomic E-state index is 13.3. The van der Waals surface area contributed by atoms with E-state index in [2.05, 4.69) is 5.32 Å². The van der Waals surface area contributed by atoms with Crippen molar-refractivity contribution in [2.24, 2.45) is 0 Å². The van der Waals surface area contributed by atoms with Crippen LogP contribution in [0.2, 0.25) is 0 Å². The number of ether oxygens (including phenoxy) is 1. The van der Waals surface area contributed by atoms with Gasteiger partial charge in [-0.15, -0.1) is 0 Å². The highest BCUT2D eigenvalue weighted by Gasteiger charge is 2.16. The van der Waals surface area contributed by atoms with Crippen LogP contribution in [-0.4, -0.2) is 18.6 Å². The number of hydrogen-bond donors (Lipinski definition) is 1. The van der Waals surface area contributed by atoms with E-state index in [0.29, 0.717) is 6.54 Å². The Morgan fingerprint density at radius 2 is 2.17 bits per heavy atom. The molecule has 0 aliphatic heterocycles. The van der Waals surface area contributed by atoms with Gasteiger partial charge in [0.1, 0.15) is 5.82 Å². The normalized spacial score (nSPS) is 12.0. The van der Waals surface area contributed by atoms with Crippen molar-refractivity contribution < 1.29 is 18.3 Å². The van der Waals surface area contributed by atoms with Crippen molar-refractivity contribution in [2.75, 3.05) is 6.54 Å². The van der Waals surface area contributed by atoms with Crippen LogP contribution in [0, 0.1) is 11.6 Å². The minimum atomic E-state index is -0.863. The number of amides is 1. The Hall–Kier alpha value is -1.65. The van der Waals surface area contributed by atoms with Crippen LogP contribution >= 0.6 is 0 Å². The average Bonchev–Trinajstić information content (AvgIpc) is 2.34. The van der Waals surface area contributed by atoms with E-state index in [1.807, 2.05) is 6.92 Å². The lowest BCUT2D eigenvalue weighted by atomic mass is 10.3. The Balaban J connectivity index is 2.55. The first-order valence-electron chi connectivity index (χ1n) is 5.94. The monoisotopic (exact) mass is 257 g/mol. The van der Waals surface area contributed by atoms with E-state index >= 15 is 0 Å². The fourth-order valence-electron chi connectivity index (χ4n) is 1.34. The van der Waals surface area contributed by atoms with Gasteiger partial charge in [-0.05, 0) is 25.5 Å². The lowest BCUT2D eigenvalue weighted by Crippen LogP contribution is -2.36. The molecule has 1 amide bonds. The maximum Gasteiger partial charge on any atom is 0.260 e. The molecule has 1 aromatic rings. The van der Waals surface area contributed by atoms with Gasteiger partial charge in [-0.25, -0.2) is 8.78 Å². The van der Waals surface area contributed by atoms with Gasteiger partial charge in [-0.1, -0.05) is 13.3 Å². The summed E-state index contributed by atoms with van der Waals surface area (Å²) in [5.41, 5.74) is 0. The molecule has 3 nitrogen and oxygen atoms in total. The molecule has 1 rings (SSSR count). The van der Waals surface area contributed by atoms with Crippen LogP contribution in [-0.2, 0) is 4.79 Å². The largest absolute Gasteiger partial charge is 0.478 e. The number of hydrogen-bond acceptors (Lipinski definition) is 2. The van der Waals surface area contributed by atoms with Crippen LogP contribution in [0.4, 0.5) is 8.78 Å². The summed E-state index contributed by atoms with van der Waals surface area (Å²) in [6.45, 7) is 4.05. The molecule has 1 unspecified atom stereocenters. The van der Waals surface area contributed by atoms with E-state index in [1.54, 1.807) is 0 Å². The molecule has 0 saturated carbocycles. The SMILES string of the molecule is CCCCNC(=O)C(C)Oc1cc(F)ccc1F. The average molecular weight is 257 g/mol. The quantitative estimate of drug-likeness (QED) is 0.796. The Bertz CT molecular complexity index is 410. The third kappa shape index (κ3) is 4.31. The zero-order chi connectivity index (χ0) is 13.5. The fraction of sp³-hybridized carbons (Fsp3) is 0.462. The summed E-state index contributed by atoms with van der Waals surface area (Å²) in [4.78, 5) is 11.6. The smallest absolute Gasteiger partial charge is 0.260 e. The molecule has 100 valence electrons. The van der Waals surface area contributed by atoms with Crippen molar-refractivity contribution in [1.29, 1.82) is 0 Å². The van der Waals surface area contributed by atoms with Gasteiger partial charge in [0.25, 0.3) is 5.91 Å². The maximum absolute atomic E-state index is 13.3. The second-order valence-electron chi connectivity index (χ2n) is 3.98. The van der Waals surface area contributed by atoms with E-state index < -0.39 is 17.7 Å². The highest BCUT2D eigenvalue weighted by atomic mass is 19.1. The standard InChI is InChI=1S/C13H17F2NO2/c1-3-4-7-16-13(17)9(2)18-12-8-10(14)5-6-11(12)15/h5-6,8-9H,3-4,7H2,1-2H3,(H,16,17). The van der Waals surface area contributed by atoms with E-state index in [4.69, 9.17) is 4.74 Å². The minimum Gasteiger partial charge on any atom is -0.478 e. The Labute approximate surface area is 105 Å². The van der Waals surface area contributed by atoms with Gasteiger partial charge in [-0.2, -0.15) is 0 Å². The molecule has 0 aliphatic carbocycles. The topological polar surface area (TPSA) is 38.3 Å². The number of carbonyl (C=O) groups excluding carboxylic acids is 1. The predicted molar refractivity (Wildman–Crippen MR) is 64.4 cm³/mol. The molecule has 0 fully saturated rings.